The van der Waals surface area contributed by atoms with Crippen LogP contribution in [0.3, 0.4) is 0 Å². The SMILES string of the molecule is Cc1nc(NCCN2CCOCC2)nc(N[C@@H]2C[C@H](CO)[C@H]3OC(C)(C)O[C@H]32)c1-c1nc2ccccc2s1. The Hall–Kier alpha value is -2.41. The molecule has 0 bridgehead atoms. The number of hydrogen-bond donors (Lipinski definition) is 3. The molecule has 10 nitrogen and oxygen atoms in total. The van der Waals surface area contributed by atoms with Crippen LogP contribution in [0.5, 0.6) is 0 Å². The third kappa shape index (κ3) is 5.23. The molecule has 0 spiro atoms. The van der Waals surface area contributed by atoms with E-state index in [1.807, 2.05) is 39.0 Å². The number of aliphatic hydroxyl groups is 1. The lowest BCUT2D eigenvalue weighted by molar-refractivity contribution is -0.158. The number of aliphatic hydroxyl groups excluding tert-OH is 1. The number of aromatic nitrogens is 3. The van der Waals surface area contributed by atoms with E-state index in [4.69, 9.17) is 29.2 Å². The zero-order valence-corrected chi connectivity index (χ0v) is 23.0. The summed E-state index contributed by atoms with van der Waals surface area (Å²) in [7, 11) is 0. The van der Waals surface area contributed by atoms with Crippen LogP contribution in [0.4, 0.5) is 11.8 Å². The molecule has 2 aliphatic heterocycles. The molecule has 2 saturated heterocycles. The molecule has 11 heteroatoms. The zero-order valence-electron chi connectivity index (χ0n) is 22.1. The molecule has 0 unspecified atom stereocenters. The van der Waals surface area contributed by atoms with Crippen LogP contribution in [0.25, 0.3) is 20.8 Å². The highest BCUT2D eigenvalue weighted by Gasteiger charge is 2.54. The second kappa shape index (κ2) is 10.6. The summed E-state index contributed by atoms with van der Waals surface area (Å²) in [5.74, 6) is 0.618. The van der Waals surface area contributed by atoms with Gasteiger partial charge in [0.25, 0.3) is 0 Å². The molecule has 38 heavy (non-hydrogen) atoms. The highest BCUT2D eigenvalue weighted by molar-refractivity contribution is 7.21. The maximum Gasteiger partial charge on any atom is 0.224 e. The van der Waals surface area contributed by atoms with Crippen molar-refractivity contribution in [2.24, 2.45) is 5.92 Å². The molecule has 1 aliphatic carbocycles. The van der Waals surface area contributed by atoms with Crippen LogP contribution in [0, 0.1) is 12.8 Å². The predicted octanol–water partition coefficient (Wildman–Crippen LogP) is 3.12. The average Bonchev–Trinajstić information content (AvgIpc) is 3.55. The summed E-state index contributed by atoms with van der Waals surface area (Å²) in [6.45, 7) is 11.0. The fourth-order valence-electron chi connectivity index (χ4n) is 5.72. The van der Waals surface area contributed by atoms with Gasteiger partial charge in [0.1, 0.15) is 16.9 Å². The first-order valence-electron chi connectivity index (χ1n) is 13.4. The number of anilines is 2. The third-order valence-corrected chi connectivity index (χ3v) is 8.60. The van der Waals surface area contributed by atoms with Crippen molar-refractivity contribution in [1.29, 1.82) is 0 Å². The molecule has 3 aliphatic rings. The molecular weight excluding hydrogens is 504 g/mol. The Morgan fingerprint density at radius 1 is 1.11 bits per heavy atom. The Bertz CT molecular complexity index is 1250. The van der Waals surface area contributed by atoms with E-state index in [1.165, 1.54) is 0 Å². The lowest BCUT2D eigenvalue weighted by atomic mass is 10.1. The quantitative estimate of drug-likeness (QED) is 0.394. The number of para-hydroxylation sites is 1. The minimum Gasteiger partial charge on any atom is -0.396 e. The minimum atomic E-state index is -0.688. The number of aryl methyl sites for hydroxylation is 1. The number of fused-ring (bicyclic) bond motifs is 2. The molecule has 1 aromatic carbocycles. The summed E-state index contributed by atoms with van der Waals surface area (Å²) in [5, 5.41) is 18.0. The van der Waals surface area contributed by atoms with Gasteiger partial charge in [-0.3, -0.25) is 4.90 Å². The number of benzene rings is 1. The van der Waals surface area contributed by atoms with E-state index in [-0.39, 0.29) is 30.8 Å². The van der Waals surface area contributed by atoms with Crippen LogP contribution in [0.2, 0.25) is 0 Å². The van der Waals surface area contributed by atoms with E-state index < -0.39 is 5.79 Å². The molecule has 3 N–H and O–H groups in total. The topological polar surface area (TPSA) is 114 Å². The fraction of sp³-hybridized carbons (Fsp3) is 0.593. The maximum atomic E-state index is 10.1. The Balaban J connectivity index is 1.30. The van der Waals surface area contributed by atoms with Gasteiger partial charge in [-0.1, -0.05) is 12.1 Å². The lowest BCUT2D eigenvalue weighted by Gasteiger charge is -2.26. The number of morpholine rings is 1. The normalized spacial score (nSPS) is 27.1. The maximum absolute atomic E-state index is 10.1. The molecule has 2 aromatic heterocycles. The highest BCUT2D eigenvalue weighted by Crippen LogP contribution is 2.44. The average molecular weight is 541 g/mol. The number of rotatable bonds is 8. The molecular formula is C27H36N6O4S. The Kier molecular flexibility index (Phi) is 7.23. The summed E-state index contributed by atoms with van der Waals surface area (Å²) in [5.41, 5.74) is 2.71. The van der Waals surface area contributed by atoms with Crippen LogP contribution in [0.15, 0.2) is 24.3 Å². The van der Waals surface area contributed by atoms with E-state index in [0.717, 1.165) is 78.1 Å². The number of nitrogens with one attached hydrogen (secondary N) is 2. The number of hydrogen-bond acceptors (Lipinski definition) is 11. The number of ether oxygens (including phenoxy) is 3. The van der Waals surface area contributed by atoms with Crippen molar-refractivity contribution in [1.82, 2.24) is 19.9 Å². The van der Waals surface area contributed by atoms with Gasteiger partial charge in [0.05, 0.1) is 46.8 Å². The summed E-state index contributed by atoms with van der Waals surface area (Å²) < 4.78 is 19.0. The van der Waals surface area contributed by atoms with Crippen molar-refractivity contribution in [2.75, 3.05) is 56.6 Å². The van der Waals surface area contributed by atoms with Crippen LogP contribution < -0.4 is 10.6 Å². The summed E-state index contributed by atoms with van der Waals surface area (Å²) in [6.07, 6.45) is 0.384. The summed E-state index contributed by atoms with van der Waals surface area (Å²) in [6, 6.07) is 8.08. The van der Waals surface area contributed by atoms with Gasteiger partial charge in [-0.25, -0.2) is 9.97 Å². The molecule has 0 amide bonds. The van der Waals surface area contributed by atoms with Gasteiger partial charge in [-0.05, 0) is 39.3 Å². The molecule has 4 heterocycles. The van der Waals surface area contributed by atoms with E-state index >= 15 is 0 Å². The van der Waals surface area contributed by atoms with Gasteiger partial charge >= 0.3 is 0 Å². The molecule has 3 aromatic rings. The van der Waals surface area contributed by atoms with E-state index in [2.05, 4.69) is 21.6 Å². The second-order valence-corrected chi connectivity index (χ2v) is 11.7. The lowest BCUT2D eigenvalue weighted by Crippen LogP contribution is -2.39. The van der Waals surface area contributed by atoms with Crippen LogP contribution >= 0.6 is 11.3 Å². The second-order valence-electron chi connectivity index (χ2n) is 10.7. The number of nitrogens with zero attached hydrogens (tertiary/aromatic N) is 4. The van der Waals surface area contributed by atoms with E-state index in [1.54, 1.807) is 11.3 Å². The smallest absolute Gasteiger partial charge is 0.224 e. The van der Waals surface area contributed by atoms with E-state index in [0.29, 0.717) is 5.95 Å². The standard InChI is InChI=1S/C27H36N6O4S/c1-16-21(25-31-18-6-4-5-7-20(18)38-25)24(32-26(29-16)28-8-9-33-10-12-35-13-11-33)30-19-14-17(15-34)22-23(19)37-27(2,3)36-22/h4-7,17,19,22-23,34H,8-15H2,1-3H3,(H2,28,29,30,32)/t17-,19-,22-,23+/m1/s1. The molecule has 4 atom stereocenters. The minimum absolute atomic E-state index is 0.000715. The largest absolute Gasteiger partial charge is 0.396 e. The zero-order chi connectivity index (χ0) is 26.3. The Morgan fingerprint density at radius 3 is 2.68 bits per heavy atom. The predicted molar refractivity (Wildman–Crippen MR) is 148 cm³/mol. The molecule has 6 rings (SSSR count). The van der Waals surface area contributed by atoms with Crippen molar-refractivity contribution in [2.45, 2.75) is 51.2 Å². The van der Waals surface area contributed by atoms with E-state index in [9.17, 15) is 5.11 Å². The van der Waals surface area contributed by atoms with Crippen molar-refractivity contribution in [3.63, 3.8) is 0 Å². The summed E-state index contributed by atoms with van der Waals surface area (Å²) >= 11 is 1.64. The third-order valence-electron chi connectivity index (χ3n) is 7.55. The first-order valence-corrected chi connectivity index (χ1v) is 14.2. The molecule has 1 saturated carbocycles. The van der Waals surface area contributed by atoms with Gasteiger partial charge < -0.3 is 30.0 Å². The summed E-state index contributed by atoms with van der Waals surface area (Å²) in [4.78, 5) is 17.1. The fourth-order valence-corrected chi connectivity index (χ4v) is 6.79. The van der Waals surface area contributed by atoms with Crippen molar-refractivity contribution in [3.8, 4) is 10.6 Å². The first-order chi connectivity index (χ1) is 18.4. The van der Waals surface area contributed by atoms with Crippen molar-refractivity contribution < 1.29 is 19.3 Å². The monoisotopic (exact) mass is 540 g/mol. The van der Waals surface area contributed by atoms with Gasteiger partial charge in [0.15, 0.2) is 5.79 Å². The van der Waals surface area contributed by atoms with Gasteiger partial charge in [-0.15, -0.1) is 11.3 Å². The van der Waals surface area contributed by atoms with Gasteiger partial charge in [0.2, 0.25) is 5.95 Å². The molecule has 3 fully saturated rings. The molecule has 0 radical (unpaired) electrons. The first kappa shape index (κ1) is 25.8. The van der Waals surface area contributed by atoms with Crippen molar-refractivity contribution in [3.05, 3.63) is 30.0 Å². The number of thiazole rings is 1. The Labute approximate surface area is 226 Å². The highest BCUT2D eigenvalue weighted by atomic mass is 32.1. The Morgan fingerprint density at radius 2 is 1.89 bits per heavy atom. The van der Waals surface area contributed by atoms with Crippen molar-refractivity contribution >= 4 is 33.3 Å². The van der Waals surface area contributed by atoms with Gasteiger partial charge in [-0.2, -0.15) is 4.98 Å². The van der Waals surface area contributed by atoms with Gasteiger partial charge in [0, 0.05) is 38.7 Å². The van der Waals surface area contributed by atoms with Crippen LogP contribution in [-0.2, 0) is 14.2 Å². The molecule has 204 valence electrons. The van der Waals surface area contributed by atoms with Crippen LogP contribution in [-0.4, -0.2) is 95.0 Å². The van der Waals surface area contributed by atoms with Crippen LogP contribution in [0.1, 0.15) is 26.0 Å².